The number of aryl methyl sites for hydroxylation is 1. The van der Waals surface area contributed by atoms with Crippen LogP contribution in [0.2, 0.25) is 5.02 Å². The topological polar surface area (TPSA) is 75.0 Å². The first-order valence-electron chi connectivity index (χ1n) is 7.86. The number of rotatable bonds is 5. The maximum Gasteiger partial charge on any atom is 0.183 e. The zero-order chi connectivity index (χ0) is 18.2. The summed E-state index contributed by atoms with van der Waals surface area (Å²) in [6.45, 7) is 2.02. The Bertz CT molecular complexity index is 946. The van der Waals surface area contributed by atoms with Crippen LogP contribution in [-0.4, -0.2) is 20.0 Å². The van der Waals surface area contributed by atoms with Crippen molar-refractivity contribution >= 4 is 27.7 Å². The summed E-state index contributed by atoms with van der Waals surface area (Å²) in [5, 5.41) is 8.88. The Morgan fingerprint density at radius 3 is 2.24 bits per heavy atom. The number of halogens is 1. The molecule has 0 heterocycles. The molecule has 1 aliphatic rings. The van der Waals surface area contributed by atoms with Crippen LogP contribution in [0.4, 0.5) is 0 Å². The van der Waals surface area contributed by atoms with E-state index >= 15 is 0 Å². The first kappa shape index (κ1) is 17.7. The minimum atomic E-state index is -3.84. The van der Waals surface area contributed by atoms with Crippen molar-refractivity contribution in [2.75, 3.05) is 0 Å². The molecule has 0 spiro atoms. The summed E-state index contributed by atoms with van der Waals surface area (Å²) in [5.74, 6) is -0.665. The molecule has 0 saturated heterocycles. The molecule has 2 aromatic rings. The standard InChI is InChI=1S/C19H16ClNO3S/c1-2-13-3-5-14(6-4-13)17-18(19(17,11-21)12-22)25(23,24)16-9-7-15(20)8-10-16/h3-10,12,17-18H,2H2,1H3/t17-,18+,19+/m1/s1. The van der Waals surface area contributed by atoms with Crippen molar-refractivity contribution in [3.05, 3.63) is 64.7 Å². The normalized spacial score (nSPS) is 25.2. The van der Waals surface area contributed by atoms with Gasteiger partial charge in [-0.05, 0) is 41.8 Å². The van der Waals surface area contributed by atoms with Gasteiger partial charge in [0.05, 0.1) is 11.0 Å². The van der Waals surface area contributed by atoms with Gasteiger partial charge in [-0.1, -0.05) is 42.8 Å². The van der Waals surface area contributed by atoms with Gasteiger partial charge < -0.3 is 4.79 Å². The van der Waals surface area contributed by atoms with Crippen molar-refractivity contribution in [1.82, 2.24) is 0 Å². The minimum absolute atomic E-state index is 0.0658. The van der Waals surface area contributed by atoms with Gasteiger partial charge >= 0.3 is 0 Å². The molecule has 4 nitrogen and oxygen atoms in total. The molecule has 3 rings (SSSR count). The number of nitrogens with zero attached hydrogens (tertiary/aromatic N) is 1. The Morgan fingerprint density at radius 1 is 1.16 bits per heavy atom. The summed E-state index contributed by atoms with van der Waals surface area (Å²) >= 11 is 5.82. The lowest BCUT2D eigenvalue weighted by molar-refractivity contribution is -0.110. The maximum absolute atomic E-state index is 13.0. The first-order valence-corrected chi connectivity index (χ1v) is 9.79. The smallest absolute Gasteiger partial charge is 0.183 e. The van der Waals surface area contributed by atoms with E-state index in [-0.39, 0.29) is 4.90 Å². The van der Waals surface area contributed by atoms with Crippen molar-refractivity contribution in [1.29, 1.82) is 5.26 Å². The van der Waals surface area contributed by atoms with E-state index in [4.69, 9.17) is 11.6 Å². The number of aldehydes is 1. The molecular formula is C19H16ClNO3S. The summed E-state index contributed by atoms with van der Waals surface area (Å²) in [5.41, 5.74) is 0.246. The predicted molar refractivity (Wildman–Crippen MR) is 95.1 cm³/mol. The van der Waals surface area contributed by atoms with Crippen LogP contribution in [0.5, 0.6) is 0 Å². The van der Waals surface area contributed by atoms with Gasteiger partial charge in [-0.25, -0.2) is 8.42 Å². The number of hydrogen-bond acceptors (Lipinski definition) is 4. The fourth-order valence-electron chi connectivity index (χ4n) is 3.29. The molecule has 0 amide bonds. The quantitative estimate of drug-likeness (QED) is 0.751. The van der Waals surface area contributed by atoms with E-state index in [1.807, 2.05) is 25.1 Å². The number of carbonyl (C=O) groups is 1. The largest absolute Gasteiger partial charge is 0.302 e. The van der Waals surface area contributed by atoms with E-state index in [0.717, 1.165) is 12.0 Å². The van der Waals surface area contributed by atoms with Gasteiger partial charge in [-0.15, -0.1) is 0 Å². The molecule has 1 aliphatic carbocycles. The molecule has 6 heteroatoms. The van der Waals surface area contributed by atoms with Crippen LogP contribution in [-0.2, 0) is 21.1 Å². The van der Waals surface area contributed by atoms with E-state index in [1.165, 1.54) is 24.3 Å². The van der Waals surface area contributed by atoms with E-state index in [2.05, 4.69) is 0 Å². The highest BCUT2D eigenvalue weighted by molar-refractivity contribution is 7.92. The van der Waals surface area contributed by atoms with Gasteiger partial charge in [0.2, 0.25) is 0 Å². The Hall–Kier alpha value is -2.16. The van der Waals surface area contributed by atoms with Crippen molar-refractivity contribution in [3.8, 4) is 6.07 Å². The third-order valence-electron chi connectivity index (χ3n) is 4.79. The van der Waals surface area contributed by atoms with Crippen molar-refractivity contribution < 1.29 is 13.2 Å². The first-order chi connectivity index (χ1) is 11.9. The van der Waals surface area contributed by atoms with Gasteiger partial charge in [0.15, 0.2) is 9.84 Å². The second-order valence-corrected chi connectivity index (χ2v) is 8.66. The molecule has 1 fully saturated rings. The molecule has 0 bridgehead atoms. The van der Waals surface area contributed by atoms with Crippen LogP contribution in [0, 0.1) is 16.7 Å². The molecule has 1 saturated carbocycles. The van der Waals surface area contributed by atoms with Crippen LogP contribution in [0.1, 0.15) is 24.0 Å². The van der Waals surface area contributed by atoms with Crippen LogP contribution >= 0.6 is 11.6 Å². The van der Waals surface area contributed by atoms with Crippen molar-refractivity contribution in [2.24, 2.45) is 5.41 Å². The molecule has 0 N–H and O–H groups in total. The summed E-state index contributed by atoms with van der Waals surface area (Å²) in [6.07, 6.45) is 1.33. The average molecular weight is 374 g/mol. The zero-order valence-electron chi connectivity index (χ0n) is 13.5. The van der Waals surface area contributed by atoms with Gasteiger partial charge in [-0.2, -0.15) is 5.26 Å². The Balaban J connectivity index is 2.05. The predicted octanol–water partition coefficient (Wildman–Crippen LogP) is 3.55. The van der Waals surface area contributed by atoms with Gasteiger partial charge in [0.25, 0.3) is 0 Å². The van der Waals surface area contributed by atoms with E-state index < -0.39 is 26.4 Å². The second-order valence-electron chi connectivity index (χ2n) is 6.16. The molecule has 128 valence electrons. The molecule has 0 radical (unpaired) electrons. The summed E-state index contributed by atoms with van der Waals surface area (Å²) in [6, 6.07) is 15.1. The SMILES string of the molecule is CCc1ccc([C@@H]2[C@H](S(=O)(=O)c3ccc(Cl)cc3)[C@@]2(C#N)C=O)cc1. The third kappa shape index (κ3) is 2.76. The Kier molecular flexibility index (Phi) is 4.44. The van der Waals surface area contributed by atoms with Gasteiger partial charge in [0.1, 0.15) is 17.0 Å². The van der Waals surface area contributed by atoms with E-state index in [9.17, 15) is 18.5 Å². The molecule has 0 unspecified atom stereocenters. The molecule has 3 atom stereocenters. The fourth-order valence-corrected chi connectivity index (χ4v) is 5.66. The van der Waals surface area contributed by atoms with Gasteiger partial charge in [-0.3, -0.25) is 0 Å². The maximum atomic E-state index is 13.0. The van der Waals surface area contributed by atoms with E-state index in [1.54, 1.807) is 12.1 Å². The van der Waals surface area contributed by atoms with Crippen LogP contribution in [0.15, 0.2) is 53.4 Å². The second kappa shape index (κ2) is 6.29. The molecule has 25 heavy (non-hydrogen) atoms. The highest BCUT2D eigenvalue weighted by Crippen LogP contribution is 2.62. The molecule has 0 aromatic heterocycles. The lowest BCUT2D eigenvalue weighted by atomic mass is 10.0. The molecule has 0 aliphatic heterocycles. The summed E-state index contributed by atoms with van der Waals surface area (Å²) in [7, 11) is -3.84. The highest BCUT2D eigenvalue weighted by atomic mass is 35.5. The summed E-state index contributed by atoms with van der Waals surface area (Å²) in [4.78, 5) is 11.7. The monoisotopic (exact) mass is 373 g/mol. The summed E-state index contributed by atoms with van der Waals surface area (Å²) < 4.78 is 26.0. The number of nitriles is 1. The zero-order valence-corrected chi connectivity index (χ0v) is 15.1. The lowest BCUT2D eigenvalue weighted by Gasteiger charge is -2.05. The highest BCUT2D eigenvalue weighted by Gasteiger charge is 2.72. The van der Waals surface area contributed by atoms with Crippen molar-refractivity contribution in [2.45, 2.75) is 29.4 Å². The fraction of sp³-hybridized carbons (Fsp3) is 0.263. The third-order valence-corrected chi connectivity index (χ3v) is 7.30. The van der Waals surface area contributed by atoms with Gasteiger partial charge in [0, 0.05) is 10.9 Å². The molecular weight excluding hydrogens is 358 g/mol. The minimum Gasteiger partial charge on any atom is -0.302 e. The molecule has 2 aromatic carbocycles. The Labute approximate surface area is 152 Å². The lowest BCUT2D eigenvalue weighted by Crippen LogP contribution is -2.16. The van der Waals surface area contributed by atoms with Crippen LogP contribution in [0.25, 0.3) is 0 Å². The van der Waals surface area contributed by atoms with E-state index in [0.29, 0.717) is 16.9 Å². The number of sulfone groups is 1. The van der Waals surface area contributed by atoms with Crippen LogP contribution in [0.3, 0.4) is 0 Å². The number of hydrogen-bond donors (Lipinski definition) is 0. The van der Waals surface area contributed by atoms with Crippen molar-refractivity contribution in [3.63, 3.8) is 0 Å². The average Bonchev–Trinajstić information content (AvgIpc) is 3.33. The Morgan fingerprint density at radius 2 is 1.76 bits per heavy atom. The van der Waals surface area contributed by atoms with Crippen LogP contribution < -0.4 is 0 Å². The number of benzene rings is 2. The number of carbonyl (C=O) groups excluding carboxylic acids is 1.